The summed E-state index contributed by atoms with van der Waals surface area (Å²) in [6.45, 7) is 7.91. The van der Waals surface area contributed by atoms with Crippen molar-refractivity contribution in [1.82, 2.24) is 0 Å². The minimum atomic E-state index is -1.08. The molecule has 0 amide bonds. The van der Waals surface area contributed by atoms with Crippen LogP contribution in [-0.4, -0.2) is 0 Å². The predicted molar refractivity (Wildman–Crippen MR) is 54.5 cm³/mol. The van der Waals surface area contributed by atoms with Gasteiger partial charge in [-0.2, -0.15) is 0 Å². The smallest absolute Gasteiger partial charge is 0.164 e. The first kappa shape index (κ1) is 12.1. The summed E-state index contributed by atoms with van der Waals surface area (Å²) in [5, 5.41) is 0. The first-order chi connectivity index (χ1) is 6.68. The molecule has 0 bridgehead atoms. The average molecular weight is 216 g/mol. The van der Waals surface area contributed by atoms with E-state index in [9.17, 15) is 13.2 Å². The average Bonchev–Trinajstić information content (AvgIpc) is 2.09. The number of halogens is 3. The highest BCUT2D eigenvalue weighted by molar-refractivity contribution is 5.39. The maximum absolute atomic E-state index is 13.7. The molecule has 0 nitrogen and oxygen atoms in total. The molecule has 0 unspecified atom stereocenters. The fourth-order valence-electron chi connectivity index (χ4n) is 1.82. The van der Waals surface area contributed by atoms with Gasteiger partial charge in [0.25, 0.3) is 0 Å². The largest absolute Gasteiger partial charge is 0.206 e. The van der Waals surface area contributed by atoms with Crippen LogP contribution in [0.1, 0.15) is 37.5 Å². The van der Waals surface area contributed by atoms with Crippen LogP contribution in [0.2, 0.25) is 0 Å². The van der Waals surface area contributed by atoms with Crippen molar-refractivity contribution in [3.8, 4) is 0 Å². The number of hydrogen-bond donors (Lipinski definition) is 0. The van der Waals surface area contributed by atoms with E-state index in [1.54, 1.807) is 20.8 Å². The molecule has 0 aliphatic carbocycles. The van der Waals surface area contributed by atoms with E-state index in [1.165, 1.54) is 13.8 Å². The third kappa shape index (κ3) is 1.87. The van der Waals surface area contributed by atoms with Crippen molar-refractivity contribution in [2.75, 3.05) is 0 Å². The van der Waals surface area contributed by atoms with Gasteiger partial charge in [0.15, 0.2) is 11.6 Å². The quantitative estimate of drug-likeness (QED) is 0.574. The van der Waals surface area contributed by atoms with Crippen LogP contribution in [0.5, 0.6) is 0 Å². The van der Waals surface area contributed by atoms with Gasteiger partial charge < -0.3 is 0 Å². The van der Waals surface area contributed by atoms with Crippen molar-refractivity contribution >= 4 is 0 Å². The molecule has 0 saturated heterocycles. The molecule has 0 spiro atoms. The van der Waals surface area contributed by atoms with Gasteiger partial charge in [0.2, 0.25) is 0 Å². The summed E-state index contributed by atoms with van der Waals surface area (Å²) in [5.41, 5.74) is -0.552. The molecule has 0 radical (unpaired) electrons. The van der Waals surface area contributed by atoms with Crippen molar-refractivity contribution in [2.45, 2.75) is 40.0 Å². The Balaban J connectivity index is 3.68. The van der Waals surface area contributed by atoms with Gasteiger partial charge in [-0.1, -0.05) is 20.8 Å². The Kier molecular flexibility index (Phi) is 2.85. The van der Waals surface area contributed by atoms with E-state index in [2.05, 4.69) is 0 Å². The van der Waals surface area contributed by atoms with Gasteiger partial charge in [-0.25, -0.2) is 13.2 Å². The van der Waals surface area contributed by atoms with Gasteiger partial charge in [0, 0.05) is 11.1 Å². The van der Waals surface area contributed by atoms with Gasteiger partial charge in [-0.05, 0) is 24.8 Å². The summed E-state index contributed by atoms with van der Waals surface area (Å²) in [4.78, 5) is 0. The van der Waals surface area contributed by atoms with Gasteiger partial charge >= 0.3 is 0 Å². The summed E-state index contributed by atoms with van der Waals surface area (Å²) >= 11 is 0. The molecule has 0 aliphatic rings. The Labute approximate surface area is 88.1 Å². The standard InChI is InChI=1S/C12H15F3/c1-6-8(12(3,4)5)11(15)10(14)7(2)9(6)13/h1-5H3. The summed E-state index contributed by atoms with van der Waals surface area (Å²) < 4.78 is 40.6. The molecule has 0 heterocycles. The lowest BCUT2D eigenvalue weighted by Crippen LogP contribution is -2.19. The lowest BCUT2D eigenvalue weighted by Gasteiger charge is -2.23. The second kappa shape index (κ2) is 3.54. The molecule has 15 heavy (non-hydrogen) atoms. The van der Waals surface area contributed by atoms with Gasteiger partial charge in [0.05, 0.1) is 0 Å². The maximum Gasteiger partial charge on any atom is 0.164 e. The first-order valence-corrected chi connectivity index (χ1v) is 4.82. The Morgan fingerprint density at radius 3 is 1.60 bits per heavy atom. The van der Waals surface area contributed by atoms with Crippen LogP contribution in [0, 0.1) is 31.3 Å². The van der Waals surface area contributed by atoms with Crippen molar-refractivity contribution in [3.05, 3.63) is 34.1 Å². The van der Waals surface area contributed by atoms with Gasteiger partial charge in [-0.3, -0.25) is 0 Å². The van der Waals surface area contributed by atoms with E-state index in [0.717, 1.165) is 0 Å². The maximum atomic E-state index is 13.7. The highest BCUT2D eigenvalue weighted by Gasteiger charge is 2.27. The van der Waals surface area contributed by atoms with Crippen LogP contribution in [0.3, 0.4) is 0 Å². The van der Waals surface area contributed by atoms with Crippen LogP contribution >= 0.6 is 0 Å². The highest BCUT2D eigenvalue weighted by atomic mass is 19.2. The van der Waals surface area contributed by atoms with Crippen molar-refractivity contribution < 1.29 is 13.2 Å². The predicted octanol–water partition coefficient (Wildman–Crippen LogP) is 4.02. The Morgan fingerprint density at radius 1 is 0.733 bits per heavy atom. The zero-order valence-electron chi connectivity index (χ0n) is 9.63. The summed E-state index contributed by atoms with van der Waals surface area (Å²) in [7, 11) is 0. The zero-order chi connectivity index (χ0) is 12.0. The molecule has 84 valence electrons. The molecule has 0 aliphatic heterocycles. The molecule has 0 saturated carbocycles. The zero-order valence-corrected chi connectivity index (χ0v) is 9.63. The number of rotatable bonds is 0. The summed E-state index contributed by atoms with van der Waals surface area (Å²) in [6, 6.07) is 0. The normalized spacial score (nSPS) is 12.0. The summed E-state index contributed by atoms with van der Waals surface area (Å²) in [6.07, 6.45) is 0. The SMILES string of the molecule is Cc1c(F)c(C)c(C(C)(C)C)c(F)c1F. The second-order valence-electron chi connectivity index (χ2n) is 4.82. The van der Waals surface area contributed by atoms with Crippen LogP contribution in [0.25, 0.3) is 0 Å². The minimum Gasteiger partial charge on any atom is -0.206 e. The number of hydrogen-bond acceptors (Lipinski definition) is 0. The van der Waals surface area contributed by atoms with Crippen molar-refractivity contribution in [2.24, 2.45) is 0 Å². The van der Waals surface area contributed by atoms with Crippen molar-refractivity contribution in [3.63, 3.8) is 0 Å². The molecule has 0 N–H and O–H groups in total. The van der Waals surface area contributed by atoms with E-state index in [0.29, 0.717) is 0 Å². The molecule has 3 heteroatoms. The molecule has 0 fully saturated rings. The molecule has 1 aromatic rings. The molecular weight excluding hydrogens is 201 g/mol. The monoisotopic (exact) mass is 216 g/mol. The number of benzene rings is 1. The van der Waals surface area contributed by atoms with E-state index in [1.807, 2.05) is 0 Å². The third-order valence-corrected chi connectivity index (χ3v) is 2.52. The Hall–Kier alpha value is -0.990. The topological polar surface area (TPSA) is 0 Å². The minimum absolute atomic E-state index is 0.114. The molecule has 0 aromatic heterocycles. The highest BCUT2D eigenvalue weighted by Crippen LogP contribution is 2.32. The van der Waals surface area contributed by atoms with E-state index < -0.39 is 22.9 Å². The van der Waals surface area contributed by atoms with Gasteiger partial charge in [0.1, 0.15) is 5.82 Å². The molecule has 1 aromatic carbocycles. The van der Waals surface area contributed by atoms with Crippen LogP contribution in [-0.2, 0) is 5.41 Å². The van der Waals surface area contributed by atoms with Crippen molar-refractivity contribution in [1.29, 1.82) is 0 Å². The molecular formula is C12H15F3. The lowest BCUT2D eigenvalue weighted by atomic mass is 9.82. The van der Waals surface area contributed by atoms with E-state index in [4.69, 9.17) is 0 Å². The lowest BCUT2D eigenvalue weighted by molar-refractivity contribution is 0.442. The van der Waals surface area contributed by atoms with E-state index >= 15 is 0 Å². The van der Waals surface area contributed by atoms with Crippen LogP contribution in [0.15, 0.2) is 0 Å². The van der Waals surface area contributed by atoms with Crippen LogP contribution < -0.4 is 0 Å². The first-order valence-electron chi connectivity index (χ1n) is 4.82. The van der Waals surface area contributed by atoms with Gasteiger partial charge in [-0.15, -0.1) is 0 Å². The fourth-order valence-corrected chi connectivity index (χ4v) is 1.82. The Morgan fingerprint density at radius 2 is 1.20 bits per heavy atom. The molecule has 0 atom stereocenters. The molecule has 1 rings (SSSR count). The Bertz CT molecular complexity index is 371. The third-order valence-electron chi connectivity index (χ3n) is 2.52. The second-order valence-corrected chi connectivity index (χ2v) is 4.82. The fraction of sp³-hybridized carbons (Fsp3) is 0.500. The van der Waals surface area contributed by atoms with E-state index in [-0.39, 0.29) is 16.7 Å². The summed E-state index contributed by atoms with van der Waals surface area (Å²) in [5.74, 6) is -2.67. The van der Waals surface area contributed by atoms with Crippen LogP contribution in [0.4, 0.5) is 13.2 Å².